The Morgan fingerprint density at radius 3 is 2.68 bits per heavy atom. The van der Waals surface area contributed by atoms with Gasteiger partial charge in [-0.05, 0) is 6.42 Å². The zero-order valence-corrected chi connectivity index (χ0v) is 13.1. The minimum Gasteiger partial charge on any atom is -0.480 e. The molecule has 1 aromatic heterocycles. The van der Waals surface area contributed by atoms with Gasteiger partial charge in [0.1, 0.15) is 15.9 Å². The Kier molecular flexibility index (Phi) is 5.66. The van der Waals surface area contributed by atoms with Gasteiger partial charge in [-0.15, -0.1) is 11.3 Å². The number of carboxylic acids is 1. The summed E-state index contributed by atoms with van der Waals surface area (Å²) in [6.07, 6.45) is 3.57. The predicted molar refractivity (Wildman–Crippen MR) is 86.0 cm³/mol. The number of hydrogen-bond acceptors (Lipinski definition) is 4. The molecule has 1 amide bonds. The number of rotatable bonds is 7. The van der Waals surface area contributed by atoms with E-state index < -0.39 is 12.0 Å². The number of benzene rings is 1. The highest BCUT2D eigenvalue weighted by Crippen LogP contribution is 2.24. The van der Waals surface area contributed by atoms with Gasteiger partial charge in [0.25, 0.3) is 5.91 Å². The van der Waals surface area contributed by atoms with Crippen LogP contribution in [0.25, 0.3) is 10.6 Å². The van der Waals surface area contributed by atoms with E-state index in [1.54, 1.807) is 0 Å². The van der Waals surface area contributed by atoms with Crippen molar-refractivity contribution in [1.82, 2.24) is 10.3 Å². The van der Waals surface area contributed by atoms with Gasteiger partial charge in [0, 0.05) is 5.56 Å². The standard InChI is InChI=1S/C16H18N2O3S/c1-2-3-9-12(16(20)21)18-14(19)13-10-17-15(22-13)11-7-5-4-6-8-11/h4-8,10,12H,2-3,9H2,1H3,(H,18,19)(H,20,21). The number of carboxylic acid groups (broad SMARTS) is 1. The van der Waals surface area contributed by atoms with Gasteiger partial charge in [-0.1, -0.05) is 50.1 Å². The number of carbonyl (C=O) groups is 2. The highest BCUT2D eigenvalue weighted by molar-refractivity contribution is 7.16. The van der Waals surface area contributed by atoms with Crippen LogP contribution in [0.1, 0.15) is 35.9 Å². The van der Waals surface area contributed by atoms with Crippen molar-refractivity contribution in [3.05, 3.63) is 41.4 Å². The van der Waals surface area contributed by atoms with E-state index in [4.69, 9.17) is 5.11 Å². The van der Waals surface area contributed by atoms with Crippen LogP contribution in [0.4, 0.5) is 0 Å². The Morgan fingerprint density at radius 2 is 2.05 bits per heavy atom. The largest absolute Gasteiger partial charge is 0.480 e. The van der Waals surface area contributed by atoms with Crippen molar-refractivity contribution in [2.45, 2.75) is 32.2 Å². The molecule has 116 valence electrons. The Balaban J connectivity index is 2.06. The third kappa shape index (κ3) is 4.14. The molecule has 0 saturated heterocycles. The molecule has 1 atom stereocenters. The maximum atomic E-state index is 12.2. The summed E-state index contributed by atoms with van der Waals surface area (Å²) >= 11 is 1.26. The quantitative estimate of drug-likeness (QED) is 0.821. The number of hydrogen-bond donors (Lipinski definition) is 2. The third-order valence-corrected chi connectivity index (χ3v) is 4.25. The van der Waals surface area contributed by atoms with E-state index in [1.807, 2.05) is 37.3 Å². The Bertz CT molecular complexity index is 640. The fourth-order valence-electron chi connectivity index (χ4n) is 1.99. The SMILES string of the molecule is CCCCC(NC(=O)c1cnc(-c2ccccc2)s1)C(=O)O. The molecular formula is C16H18N2O3S. The Hall–Kier alpha value is -2.21. The topological polar surface area (TPSA) is 79.3 Å². The normalized spacial score (nSPS) is 11.9. The number of thiazole rings is 1. The van der Waals surface area contributed by atoms with Crippen LogP contribution in [0.3, 0.4) is 0 Å². The average molecular weight is 318 g/mol. The summed E-state index contributed by atoms with van der Waals surface area (Å²) < 4.78 is 0. The second-order valence-corrected chi connectivity index (χ2v) is 5.93. The van der Waals surface area contributed by atoms with Gasteiger partial charge in [-0.2, -0.15) is 0 Å². The summed E-state index contributed by atoms with van der Waals surface area (Å²) in [5.41, 5.74) is 0.937. The number of unbranched alkanes of at least 4 members (excludes halogenated alkanes) is 1. The number of aromatic nitrogens is 1. The van der Waals surface area contributed by atoms with Gasteiger partial charge in [0.2, 0.25) is 0 Å². The van der Waals surface area contributed by atoms with Gasteiger partial charge >= 0.3 is 5.97 Å². The van der Waals surface area contributed by atoms with E-state index in [9.17, 15) is 9.59 Å². The van der Waals surface area contributed by atoms with Crippen molar-refractivity contribution < 1.29 is 14.7 Å². The van der Waals surface area contributed by atoms with Crippen LogP contribution < -0.4 is 5.32 Å². The first-order valence-electron chi connectivity index (χ1n) is 7.16. The number of nitrogens with one attached hydrogen (secondary N) is 1. The molecule has 0 saturated carbocycles. The van der Waals surface area contributed by atoms with Gasteiger partial charge in [-0.25, -0.2) is 9.78 Å². The lowest BCUT2D eigenvalue weighted by atomic mass is 10.1. The fraction of sp³-hybridized carbons (Fsp3) is 0.312. The van der Waals surface area contributed by atoms with Gasteiger partial charge in [-0.3, -0.25) is 4.79 Å². The van der Waals surface area contributed by atoms with Crippen LogP contribution in [-0.4, -0.2) is 28.0 Å². The highest BCUT2D eigenvalue weighted by atomic mass is 32.1. The molecule has 5 nitrogen and oxygen atoms in total. The van der Waals surface area contributed by atoms with Crippen LogP contribution >= 0.6 is 11.3 Å². The molecule has 1 aromatic carbocycles. The monoisotopic (exact) mass is 318 g/mol. The highest BCUT2D eigenvalue weighted by Gasteiger charge is 2.21. The zero-order valence-electron chi connectivity index (χ0n) is 12.3. The van der Waals surface area contributed by atoms with E-state index in [1.165, 1.54) is 17.5 Å². The number of aliphatic carboxylic acids is 1. The van der Waals surface area contributed by atoms with E-state index in [2.05, 4.69) is 10.3 Å². The first kappa shape index (κ1) is 16.2. The average Bonchev–Trinajstić information content (AvgIpc) is 3.02. The molecule has 0 spiro atoms. The van der Waals surface area contributed by atoms with E-state index >= 15 is 0 Å². The van der Waals surface area contributed by atoms with Crippen molar-refractivity contribution >= 4 is 23.2 Å². The summed E-state index contributed by atoms with van der Waals surface area (Å²) in [4.78, 5) is 28.0. The predicted octanol–water partition coefficient (Wildman–Crippen LogP) is 3.18. The number of amides is 1. The summed E-state index contributed by atoms with van der Waals surface area (Å²) in [5, 5.41) is 12.5. The smallest absolute Gasteiger partial charge is 0.326 e. The fourth-order valence-corrected chi connectivity index (χ4v) is 2.81. The van der Waals surface area contributed by atoms with Crippen LogP contribution in [0, 0.1) is 0 Å². The van der Waals surface area contributed by atoms with Gasteiger partial charge in [0.15, 0.2) is 0 Å². The van der Waals surface area contributed by atoms with Crippen molar-refractivity contribution in [1.29, 1.82) is 0 Å². The molecule has 6 heteroatoms. The maximum Gasteiger partial charge on any atom is 0.326 e. The molecule has 0 bridgehead atoms. The van der Waals surface area contributed by atoms with Crippen molar-refractivity contribution in [3.8, 4) is 10.6 Å². The molecule has 1 heterocycles. The second kappa shape index (κ2) is 7.70. The summed E-state index contributed by atoms with van der Waals surface area (Å²) in [6.45, 7) is 1.98. The molecular weight excluding hydrogens is 300 g/mol. The lowest BCUT2D eigenvalue weighted by Gasteiger charge is -2.12. The molecule has 2 aromatic rings. The molecule has 0 aliphatic rings. The van der Waals surface area contributed by atoms with Crippen molar-refractivity contribution in [3.63, 3.8) is 0 Å². The first-order chi connectivity index (χ1) is 10.6. The van der Waals surface area contributed by atoms with E-state index in [0.29, 0.717) is 11.3 Å². The lowest BCUT2D eigenvalue weighted by Crippen LogP contribution is -2.40. The summed E-state index contributed by atoms with van der Waals surface area (Å²) in [6, 6.07) is 8.71. The Labute approximate surface area is 133 Å². The maximum absolute atomic E-state index is 12.2. The molecule has 2 rings (SSSR count). The van der Waals surface area contributed by atoms with E-state index in [-0.39, 0.29) is 5.91 Å². The number of nitrogens with zero attached hydrogens (tertiary/aromatic N) is 1. The molecule has 0 aliphatic carbocycles. The van der Waals surface area contributed by atoms with Gasteiger partial charge in [0.05, 0.1) is 6.20 Å². The van der Waals surface area contributed by atoms with Crippen LogP contribution in [-0.2, 0) is 4.79 Å². The summed E-state index contributed by atoms with van der Waals surface area (Å²) in [7, 11) is 0. The Morgan fingerprint density at radius 1 is 1.32 bits per heavy atom. The van der Waals surface area contributed by atoms with Crippen LogP contribution in [0.2, 0.25) is 0 Å². The molecule has 0 radical (unpaired) electrons. The molecule has 2 N–H and O–H groups in total. The zero-order chi connectivity index (χ0) is 15.9. The first-order valence-corrected chi connectivity index (χ1v) is 7.98. The minimum absolute atomic E-state index is 0.386. The number of carbonyl (C=O) groups excluding carboxylic acids is 1. The van der Waals surface area contributed by atoms with Crippen LogP contribution in [0.15, 0.2) is 36.5 Å². The lowest BCUT2D eigenvalue weighted by molar-refractivity contribution is -0.139. The molecule has 0 fully saturated rings. The second-order valence-electron chi connectivity index (χ2n) is 4.90. The summed E-state index contributed by atoms with van der Waals surface area (Å²) in [5.74, 6) is -1.39. The molecule has 22 heavy (non-hydrogen) atoms. The van der Waals surface area contributed by atoms with Gasteiger partial charge < -0.3 is 10.4 Å². The van der Waals surface area contributed by atoms with E-state index in [0.717, 1.165) is 23.4 Å². The molecule has 1 unspecified atom stereocenters. The van der Waals surface area contributed by atoms with Crippen molar-refractivity contribution in [2.24, 2.45) is 0 Å². The van der Waals surface area contributed by atoms with Crippen LogP contribution in [0.5, 0.6) is 0 Å². The molecule has 0 aliphatic heterocycles. The minimum atomic E-state index is -1.01. The van der Waals surface area contributed by atoms with Crippen molar-refractivity contribution in [2.75, 3.05) is 0 Å². The third-order valence-electron chi connectivity index (χ3n) is 3.20.